The van der Waals surface area contributed by atoms with E-state index in [-0.39, 0.29) is 35.1 Å². The van der Waals surface area contributed by atoms with E-state index in [0.717, 1.165) is 0 Å². The summed E-state index contributed by atoms with van der Waals surface area (Å²) in [5, 5.41) is 21.8. The number of nitrogen functional groups attached to an aromatic ring is 1. The molecular weight excluding hydrogens is 275 g/mol. The van der Waals surface area contributed by atoms with Gasteiger partial charge in [0.05, 0.1) is 16.8 Å². The Morgan fingerprint density at radius 1 is 1.53 bits per heavy atom. The predicted octanol–water partition coefficient (Wildman–Crippen LogP) is 0.982. The quantitative estimate of drug-likeness (QED) is 0.608. The summed E-state index contributed by atoms with van der Waals surface area (Å²) in [6.45, 7) is 1.54. The van der Waals surface area contributed by atoms with E-state index < -0.39 is 18.0 Å². The molecule has 0 spiro atoms. The lowest BCUT2D eigenvalue weighted by Gasteiger charge is -2.19. The first kappa shape index (κ1) is 15.7. The molecule has 0 aliphatic heterocycles. The van der Waals surface area contributed by atoms with Crippen molar-refractivity contribution < 1.29 is 19.4 Å². The SMILES string of the molecule is CC(=O)NCCC(O)C(O)c1ccc(N)c(F)c1Cl. The minimum absolute atomic E-state index is 0.0590. The van der Waals surface area contributed by atoms with Crippen molar-refractivity contribution in [1.82, 2.24) is 5.32 Å². The molecule has 0 fully saturated rings. The van der Waals surface area contributed by atoms with Gasteiger partial charge in [-0.3, -0.25) is 4.79 Å². The summed E-state index contributed by atoms with van der Waals surface area (Å²) in [7, 11) is 0. The number of aliphatic hydroxyl groups is 2. The van der Waals surface area contributed by atoms with Gasteiger partial charge in [0.1, 0.15) is 6.10 Å². The third-order valence-corrected chi connectivity index (χ3v) is 3.02. The number of rotatable bonds is 5. The maximum absolute atomic E-state index is 13.5. The van der Waals surface area contributed by atoms with Gasteiger partial charge in [0.15, 0.2) is 5.82 Å². The first-order chi connectivity index (χ1) is 8.84. The summed E-state index contributed by atoms with van der Waals surface area (Å²) < 4.78 is 13.5. The number of hydrogen-bond donors (Lipinski definition) is 4. The van der Waals surface area contributed by atoms with Gasteiger partial charge in [-0.05, 0) is 12.5 Å². The van der Waals surface area contributed by atoms with Gasteiger partial charge in [-0.15, -0.1) is 0 Å². The highest BCUT2D eigenvalue weighted by atomic mass is 35.5. The van der Waals surface area contributed by atoms with Crippen LogP contribution in [0.5, 0.6) is 0 Å². The van der Waals surface area contributed by atoms with Crippen LogP contribution in [0.4, 0.5) is 10.1 Å². The number of amides is 1. The molecule has 0 heterocycles. The van der Waals surface area contributed by atoms with Gasteiger partial charge in [0, 0.05) is 19.0 Å². The second-order valence-corrected chi connectivity index (χ2v) is 4.53. The van der Waals surface area contributed by atoms with Crippen molar-refractivity contribution in [2.75, 3.05) is 12.3 Å². The van der Waals surface area contributed by atoms with Crippen LogP contribution in [0.3, 0.4) is 0 Å². The highest BCUT2D eigenvalue weighted by Gasteiger charge is 2.23. The standard InChI is InChI=1S/C12H16ClFN2O3/c1-6(17)16-5-4-9(18)12(19)7-2-3-8(15)11(14)10(7)13/h2-3,9,12,18-19H,4-5,15H2,1H3,(H,16,17). The minimum atomic E-state index is -1.35. The predicted molar refractivity (Wildman–Crippen MR) is 70.1 cm³/mol. The van der Waals surface area contributed by atoms with Gasteiger partial charge in [0.25, 0.3) is 0 Å². The van der Waals surface area contributed by atoms with Gasteiger partial charge in [-0.1, -0.05) is 17.7 Å². The summed E-state index contributed by atoms with van der Waals surface area (Å²) in [6.07, 6.45) is -2.41. The van der Waals surface area contributed by atoms with E-state index >= 15 is 0 Å². The van der Waals surface area contributed by atoms with Crippen molar-refractivity contribution in [3.8, 4) is 0 Å². The minimum Gasteiger partial charge on any atom is -0.396 e. The van der Waals surface area contributed by atoms with Crippen LogP contribution >= 0.6 is 11.6 Å². The zero-order valence-corrected chi connectivity index (χ0v) is 11.1. The van der Waals surface area contributed by atoms with E-state index in [2.05, 4.69) is 5.32 Å². The Morgan fingerprint density at radius 3 is 2.74 bits per heavy atom. The Morgan fingerprint density at radius 2 is 2.16 bits per heavy atom. The monoisotopic (exact) mass is 290 g/mol. The summed E-state index contributed by atoms with van der Waals surface area (Å²) in [6, 6.07) is 2.62. The molecular formula is C12H16ClFN2O3. The lowest BCUT2D eigenvalue weighted by molar-refractivity contribution is -0.119. The Hall–Kier alpha value is -1.37. The normalized spacial score (nSPS) is 13.9. The molecule has 0 aromatic heterocycles. The molecule has 106 valence electrons. The van der Waals surface area contributed by atoms with Crippen molar-refractivity contribution in [2.45, 2.75) is 25.6 Å². The van der Waals surface area contributed by atoms with E-state index in [1.165, 1.54) is 19.1 Å². The topological polar surface area (TPSA) is 95.6 Å². The van der Waals surface area contributed by atoms with Crippen molar-refractivity contribution in [3.63, 3.8) is 0 Å². The van der Waals surface area contributed by atoms with Crippen LogP contribution < -0.4 is 11.1 Å². The molecule has 0 aliphatic rings. The van der Waals surface area contributed by atoms with Crippen LogP contribution in [0.15, 0.2) is 12.1 Å². The van der Waals surface area contributed by atoms with Gasteiger partial charge >= 0.3 is 0 Å². The Bertz CT molecular complexity index is 471. The molecule has 0 saturated heterocycles. The van der Waals surface area contributed by atoms with Gasteiger partial charge < -0.3 is 21.3 Å². The first-order valence-electron chi connectivity index (χ1n) is 5.68. The van der Waals surface area contributed by atoms with Crippen molar-refractivity contribution in [1.29, 1.82) is 0 Å². The Kier molecular flexibility index (Phi) is 5.53. The number of benzene rings is 1. The Balaban J connectivity index is 2.74. The molecule has 5 nitrogen and oxygen atoms in total. The number of nitrogens with one attached hydrogen (secondary N) is 1. The molecule has 5 N–H and O–H groups in total. The van der Waals surface area contributed by atoms with Crippen LogP contribution in [0.2, 0.25) is 5.02 Å². The Labute approximate surface area is 115 Å². The number of nitrogens with two attached hydrogens (primary N) is 1. The molecule has 1 aromatic carbocycles. The van der Waals surface area contributed by atoms with Crippen LogP contribution in [0.1, 0.15) is 25.0 Å². The molecule has 7 heteroatoms. The van der Waals surface area contributed by atoms with Gasteiger partial charge in [-0.25, -0.2) is 4.39 Å². The molecule has 0 radical (unpaired) electrons. The largest absolute Gasteiger partial charge is 0.396 e. The second-order valence-electron chi connectivity index (χ2n) is 4.16. The van der Waals surface area contributed by atoms with Crippen LogP contribution in [0.25, 0.3) is 0 Å². The van der Waals surface area contributed by atoms with Crippen molar-refractivity contribution in [2.24, 2.45) is 0 Å². The van der Waals surface area contributed by atoms with E-state index in [1.807, 2.05) is 0 Å². The third-order valence-electron chi connectivity index (χ3n) is 2.64. The molecule has 19 heavy (non-hydrogen) atoms. The maximum Gasteiger partial charge on any atom is 0.216 e. The molecule has 0 aliphatic carbocycles. The number of carbonyl (C=O) groups is 1. The summed E-state index contributed by atoms with van der Waals surface area (Å²) in [5.74, 6) is -1.06. The molecule has 2 atom stereocenters. The fourth-order valence-corrected chi connectivity index (χ4v) is 1.85. The van der Waals surface area contributed by atoms with E-state index in [9.17, 15) is 19.4 Å². The first-order valence-corrected chi connectivity index (χ1v) is 6.06. The molecule has 1 aromatic rings. The van der Waals surface area contributed by atoms with E-state index in [4.69, 9.17) is 17.3 Å². The summed E-state index contributed by atoms with van der Waals surface area (Å²) in [5.41, 5.74) is 5.26. The number of halogens is 2. The zero-order chi connectivity index (χ0) is 14.6. The fourth-order valence-electron chi connectivity index (χ4n) is 1.57. The van der Waals surface area contributed by atoms with Crippen LogP contribution in [-0.4, -0.2) is 28.8 Å². The molecule has 0 bridgehead atoms. The lowest BCUT2D eigenvalue weighted by Crippen LogP contribution is -2.27. The third kappa shape index (κ3) is 4.05. The number of aliphatic hydroxyl groups excluding tert-OH is 2. The average molecular weight is 291 g/mol. The van der Waals surface area contributed by atoms with Crippen molar-refractivity contribution >= 4 is 23.2 Å². The second kappa shape index (κ2) is 6.70. The molecule has 2 unspecified atom stereocenters. The van der Waals surface area contributed by atoms with Gasteiger partial charge in [-0.2, -0.15) is 0 Å². The summed E-state index contributed by atoms with van der Waals surface area (Å²) >= 11 is 5.73. The number of carbonyl (C=O) groups excluding carboxylic acids is 1. The lowest BCUT2D eigenvalue weighted by atomic mass is 10.0. The molecule has 0 saturated carbocycles. The van der Waals surface area contributed by atoms with Crippen LogP contribution in [0, 0.1) is 5.82 Å². The molecule has 1 rings (SSSR count). The summed E-state index contributed by atoms with van der Waals surface area (Å²) in [4.78, 5) is 10.7. The highest BCUT2D eigenvalue weighted by molar-refractivity contribution is 6.31. The highest BCUT2D eigenvalue weighted by Crippen LogP contribution is 2.31. The fraction of sp³-hybridized carbons (Fsp3) is 0.417. The smallest absolute Gasteiger partial charge is 0.216 e. The molecule has 1 amide bonds. The van der Waals surface area contributed by atoms with E-state index in [0.29, 0.717) is 0 Å². The number of anilines is 1. The van der Waals surface area contributed by atoms with Crippen molar-refractivity contribution in [3.05, 3.63) is 28.5 Å². The van der Waals surface area contributed by atoms with Crippen LogP contribution in [-0.2, 0) is 4.79 Å². The average Bonchev–Trinajstić information content (AvgIpc) is 2.35. The maximum atomic E-state index is 13.5. The zero-order valence-electron chi connectivity index (χ0n) is 10.4. The van der Waals surface area contributed by atoms with Gasteiger partial charge in [0.2, 0.25) is 5.91 Å². The number of hydrogen-bond acceptors (Lipinski definition) is 4. The van der Waals surface area contributed by atoms with E-state index in [1.54, 1.807) is 0 Å².